The quantitative estimate of drug-likeness (QED) is 0.639. The van der Waals surface area contributed by atoms with E-state index in [2.05, 4.69) is 30.6 Å². The van der Waals surface area contributed by atoms with Crippen molar-refractivity contribution in [3.63, 3.8) is 0 Å². The van der Waals surface area contributed by atoms with Crippen molar-refractivity contribution in [1.82, 2.24) is 19.9 Å². The number of aromatic nitrogens is 4. The molecule has 2 heterocycles. The van der Waals surface area contributed by atoms with Gasteiger partial charge in [-0.2, -0.15) is 15.0 Å². The molecule has 2 N–H and O–H groups in total. The van der Waals surface area contributed by atoms with Crippen LogP contribution in [-0.4, -0.2) is 33.7 Å². The van der Waals surface area contributed by atoms with Gasteiger partial charge < -0.3 is 20.1 Å². The SMILES string of the molecule is CCOc1ccc(Nc2nc(NCc3cccnc3)nc(OC)n2)cc1. The first-order chi connectivity index (χ1) is 12.8. The summed E-state index contributed by atoms with van der Waals surface area (Å²) in [6, 6.07) is 11.6. The normalized spacial score (nSPS) is 10.2. The molecule has 3 aromatic rings. The first-order valence-electron chi connectivity index (χ1n) is 8.19. The predicted molar refractivity (Wildman–Crippen MR) is 98.8 cm³/mol. The lowest BCUT2D eigenvalue weighted by atomic mass is 10.3. The zero-order valence-corrected chi connectivity index (χ0v) is 14.6. The van der Waals surface area contributed by atoms with E-state index >= 15 is 0 Å². The summed E-state index contributed by atoms with van der Waals surface area (Å²) >= 11 is 0. The molecule has 0 atom stereocenters. The predicted octanol–water partition coefficient (Wildman–Crippen LogP) is 3.03. The van der Waals surface area contributed by atoms with Crippen molar-refractivity contribution in [2.75, 3.05) is 24.4 Å². The fourth-order valence-electron chi connectivity index (χ4n) is 2.20. The fourth-order valence-corrected chi connectivity index (χ4v) is 2.20. The summed E-state index contributed by atoms with van der Waals surface area (Å²) in [5, 5.41) is 6.28. The molecule has 0 aliphatic heterocycles. The van der Waals surface area contributed by atoms with Crippen LogP contribution >= 0.6 is 0 Å². The Hall–Kier alpha value is -3.42. The maximum absolute atomic E-state index is 5.44. The van der Waals surface area contributed by atoms with Crippen LogP contribution < -0.4 is 20.1 Å². The van der Waals surface area contributed by atoms with Gasteiger partial charge in [0.2, 0.25) is 11.9 Å². The fraction of sp³-hybridized carbons (Fsp3) is 0.222. The molecule has 0 saturated carbocycles. The summed E-state index contributed by atoms with van der Waals surface area (Å²) in [5.74, 6) is 1.61. The highest BCUT2D eigenvalue weighted by Crippen LogP contribution is 2.20. The van der Waals surface area contributed by atoms with Crippen LogP contribution in [0.1, 0.15) is 12.5 Å². The van der Waals surface area contributed by atoms with E-state index in [9.17, 15) is 0 Å². The molecule has 26 heavy (non-hydrogen) atoms. The van der Waals surface area contributed by atoms with Gasteiger partial charge in [0.1, 0.15) is 5.75 Å². The van der Waals surface area contributed by atoms with Gasteiger partial charge in [0, 0.05) is 24.6 Å². The maximum atomic E-state index is 5.44. The van der Waals surface area contributed by atoms with Gasteiger partial charge in [-0.3, -0.25) is 4.98 Å². The molecule has 8 heteroatoms. The maximum Gasteiger partial charge on any atom is 0.322 e. The topological polar surface area (TPSA) is 94.1 Å². The molecule has 0 unspecified atom stereocenters. The van der Waals surface area contributed by atoms with Crippen molar-refractivity contribution in [2.45, 2.75) is 13.5 Å². The second-order valence-corrected chi connectivity index (χ2v) is 5.27. The minimum absolute atomic E-state index is 0.224. The van der Waals surface area contributed by atoms with Crippen LogP contribution in [0.3, 0.4) is 0 Å². The Morgan fingerprint density at radius 1 is 1.00 bits per heavy atom. The Balaban J connectivity index is 1.72. The van der Waals surface area contributed by atoms with Gasteiger partial charge in [-0.15, -0.1) is 0 Å². The molecule has 0 spiro atoms. The third kappa shape index (κ3) is 4.79. The van der Waals surface area contributed by atoms with Crippen LogP contribution in [-0.2, 0) is 6.54 Å². The highest BCUT2D eigenvalue weighted by atomic mass is 16.5. The molecule has 134 valence electrons. The van der Waals surface area contributed by atoms with E-state index in [4.69, 9.17) is 9.47 Å². The minimum Gasteiger partial charge on any atom is -0.494 e. The molecule has 0 radical (unpaired) electrons. The summed E-state index contributed by atoms with van der Waals surface area (Å²) in [7, 11) is 1.51. The number of rotatable bonds is 8. The molecule has 0 aliphatic rings. The summed E-state index contributed by atoms with van der Waals surface area (Å²) in [6.45, 7) is 3.12. The Kier molecular flexibility index (Phi) is 5.76. The minimum atomic E-state index is 0.224. The molecule has 8 nitrogen and oxygen atoms in total. The molecule has 3 rings (SSSR count). The number of pyridine rings is 1. The Labute approximate surface area is 151 Å². The highest BCUT2D eigenvalue weighted by molar-refractivity contribution is 5.55. The van der Waals surface area contributed by atoms with Crippen molar-refractivity contribution in [1.29, 1.82) is 0 Å². The third-order valence-electron chi connectivity index (χ3n) is 3.39. The lowest BCUT2D eigenvalue weighted by Crippen LogP contribution is -2.08. The Morgan fingerprint density at radius 2 is 1.81 bits per heavy atom. The summed E-state index contributed by atoms with van der Waals surface area (Å²) in [5.41, 5.74) is 1.85. The molecule has 2 aromatic heterocycles. The zero-order chi connectivity index (χ0) is 18.2. The molecule has 0 saturated heterocycles. The Morgan fingerprint density at radius 3 is 2.50 bits per heavy atom. The van der Waals surface area contributed by atoms with E-state index in [1.165, 1.54) is 7.11 Å². The lowest BCUT2D eigenvalue weighted by molar-refractivity contribution is 0.340. The molecular formula is C18H20N6O2. The Bertz CT molecular complexity index is 827. The molecule has 0 bridgehead atoms. The van der Waals surface area contributed by atoms with Crippen LogP contribution in [0.15, 0.2) is 48.8 Å². The van der Waals surface area contributed by atoms with E-state index in [1.54, 1.807) is 12.4 Å². The summed E-state index contributed by atoms with van der Waals surface area (Å²) in [6.07, 6.45) is 3.51. The third-order valence-corrected chi connectivity index (χ3v) is 3.39. The smallest absolute Gasteiger partial charge is 0.322 e. The number of ether oxygens (including phenoxy) is 2. The summed E-state index contributed by atoms with van der Waals surface area (Å²) in [4.78, 5) is 16.9. The largest absolute Gasteiger partial charge is 0.494 e. The first kappa shape index (κ1) is 17.4. The number of nitrogens with one attached hydrogen (secondary N) is 2. The van der Waals surface area contributed by atoms with Crippen LogP contribution in [0.4, 0.5) is 17.6 Å². The van der Waals surface area contributed by atoms with E-state index in [1.807, 2.05) is 43.3 Å². The average Bonchev–Trinajstić information content (AvgIpc) is 2.69. The van der Waals surface area contributed by atoms with E-state index < -0.39 is 0 Å². The second-order valence-electron chi connectivity index (χ2n) is 5.27. The molecular weight excluding hydrogens is 332 g/mol. The molecule has 0 amide bonds. The molecule has 0 fully saturated rings. The van der Waals surface area contributed by atoms with Crippen LogP contribution in [0.5, 0.6) is 11.8 Å². The van der Waals surface area contributed by atoms with Crippen LogP contribution in [0.2, 0.25) is 0 Å². The average molecular weight is 352 g/mol. The van der Waals surface area contributed by atoms with Gasteiger partial charge in [-0.25, -0.2) is 0 Å². The van der Waals surface area contributed by atoms with Crippen LogP contribution in [0.25, 0.3) is 0 Å². The van der Waals surface area contributed by atoms with Gasteiger partial charge in [0.25, 0.3) is 0 Å². The van der Waals surface area contributed by atoms with Gasteiger partial charge >= 0.3 is 6.01 Å². The number of benzene rings is 1. The number of hydrogen-bond acceptors (Lipinski definition) is 8. The monoisotopic (exact) mass is 352 g/mol. The molecule has 1 aromatic carbocycles. The van der Waals surface area contributed by atoms with Crippen molar-refractivity contribution in [2.24, 2.45) is 0 Å². The van der Waals surface area contributed by atoms with Gasteiger partial charge in [0.15, 0.2) is 0 Å². The standard InChI is InChI=1S/C18H20N6O2/c1-3-26-15-8-6-14(7-9-15)21-17-22-16(23-18(24-17)25-2)20-12-13-5-4-10-19-11-13/h4-11H,3,12H2,1-2H3,(H2,20,21,22,23,24). The van der Waals surface area contributed by atoms with Crippen molar-refractivity contribution >= 4 is 17.6 Å². The number of anilines is 3. The second kappa shape index (κ2) is 8.61. The van der Waals surface area contributed by atoms with E-state index in [0.717, 1.165) is 17.0 Å². The number of hydrogen-bond donors (Lipinski definition) is 2. The van der Waals surface area contributed by atoms with E-state index in [-0.39, 0.29) is 6.01 Å². The van der Waals surface area contributed by atoms with Gasteiger partial charge in [-0.1, -0.05) is 6.07 Å². The van der Waals surface area contributed by atoms with Gasteiger partial charge in [-0.05, 0) is 42.8 Å². The van der Waals surface area contributed by atoms with Gasteiger partial charge in [0.05, 0.1) is 13.7 Å². The van der Waals surface area contributed by atoms with Crippen molar-refractivity contribution < 1.29 is 9.47 Å². The first-order valence-corrected chi connectivity index (χ1v) is 8.19. The zero-order valence-electron chi connectivity index (χ0n) is 14.6. The molecule has 0 aliphatic carbocycles. The lowest BCUT2D eigenvalue weighted by Gasteiger charge is -2.10. The summed E-state index contributed by atoms with van der Waals surface area (Å²) < 4.78 is 10.6. The van der Waals surface area contributed by atoms with E-state index in [0.29, 0.717) is 25.0 Å². The van der Waals surface area contributed by atoms with Crippen molar-refractivity contribution in [3.8, 4) is 11.8 Å². The number of nitrogens with zero attached hydrogens (tertiary/aromatic N) is 4. The van der Waals surface area contributed by atoms with Crippen molar-refractivity contribution in [3.05, 3.63) is 54.4 Å². The highest BCUT2D eigenvalue weighted by Gasteiger charge is 2.07. The van der Waals surface area contributed by atoms with Crippen LogP contribution in [0, 0.1) is 0 Å². The number of methoxy groups -OCH3 is 1.